The van der Waals surface area contributed by atoms with Gasteiger partial charge >= 0.3 is 0 Å². The van der Waals surface area contributed by atoms with Crippen LogP contribution in [0.15, 0.2) is 101 Å². The molecule has 5 rings (SSSR count). The summed E-state index contributed by atoms with van der Waals surface area (Å²) in [5, 5.41) is 5.54. The van der Waals surface area contributed by atoms with Gasteiger partial charge < -0.3 is 5.32 Å². The molecule has 7 heteroatoms. The maximum absolute atomic E-state index is 13.9. The molecule has 39 heavy (non-hydrogen) atoms. The van der Waals surface area contributed by atoms with Gasteiger partial charge in [-0.1, -0.05) is 90.1 Å². The highest BCUT2D eigenvalue weighted by molar-refractivity contribution is 8.00. The zero-order chi connectivity index (χ0) is 27.5. The van der Waals surface area contributed by atoms with Gasteiger partial charge in [0.25, 0.3) is 5.56 Å². The zero-order valence-electron chi connectivity index (χ0n) is 22.1. The number of carbonyl (C=O) groups is 1. The van der Waals surface area contributed by atoms with Crippen molar-refractivity contribution in [1.29, 1.82) is 0 Å². The van der Waals surface area contributed by atoms with E-state index in [1.54, 1.807) is 10.6 Å². The number of carbonyl (C=O) groups excluding carboxylic acids is 1. The van der Waals surface area contributed by atoms with Crippen molar-refractivity contribution in [1.82, 2.24) is 9.55 Å². The Morgan fingerprint density at radius 1 is 1.05 bits per heavy atom. The summed E-state index contributed by atoms with van der Waals surface area (Å²) in [6.07, 6.45) is 1.69. The van der Waals surface area contributed by atoms with Crippen molar-refractivity contribution in [2.75, 3.05) is 5.32 Å². The first-order chi connectivity index (χ1) is 18.9. The second-order valence-corrected chi connectivity index (χ2v) is 11.4. The molecule has 0 saturated carbocycles. The Balaban J connectivity index is 1.59. The summed E-state index contributed by atoms with van der Waals surface area (Å²) in [6, 6.07) is 23.7. The van der Waals surface area contributed by atoms with Crippen LogP contribution >= 0.6 is 23.1 Å². The summed E-state index contributed by atoms with van der Waals surface area (Å²) in [5.74, 6) is -0.175. The summed E-state index contributed by atoms with van der Waals surface area (Å²) in [4.78, 5) is 33.2. The molecule has 0 aliphatic carbocycles. The van der Waals surface area contributed by atoms with Crippen molar-refractivity contribution < 1.29 is 4.79 Å². The maximum Gasteiger partial charge on any atom is 0.263 e. The minimum absolute atomic E-state index is 0.138. The van der Waals surface area contributed by atoms with Crippen LogP contribution in [0.5, 0.6) is 0 Å². The Hall–Kier alpha value is -3.94. The number of allylic oxidation sites excluding steroid dienone is 1. The second kappa shape index (κ2) is 11.4. The molecule has 1 amide bonds. The first-order valence-corrected chi connectivity index (χ1v) is 14.4. The lowest BCUT2D eigenvalue weighted by Crippen LogP contribution is -2.25. The van der Waals surface area contributed by atoms with Gasteiger partial charge in [0.15, 0.2) is 5.16 Å². The van der Waals surface area contributed by atoms with E-state index in [4.69, 9.17) is 4.98 Å². The van der Waals surface area contributed by atoms with Gasteiger partial charge in [-0.25, -0.2) is 4.98 Å². The average Bonchev–Trinajstić information content (AvgIpc) is 3.36. The Morgan fingerprint density at radius 3 is 2.49 bits per heavy atom. The van der Waals surface area contributed by atoms with Crippen LogP contribution in [0.25, 0.3) is 21.3 Å². The molecule has 0 aliphatic rings. The summed E-state index contributed by atoms with van der Waals surface area (Å²) in [5.41, 5.74) is 6.52. The minimum Gasteiger partial charge on any atom is -0.325 e. The molecule has 0 fully saturated rings. The van der Waals surface area contributed by atoms with Gasteiger partial charge in [0.05, 0.1) is 5.39 Å². The molecule has 5 nitrogen and oxygen atoms in total. The SMILES string of the molecule is C=CCn1c(S[C@H](C(=O)Nc2cc(C)ccc2C)c2ccccc2)nc2scc(-c3ccc(C)cc3)c2c1=O. The maximum atomic E-state index is 13.9. The quantitative estimate of drug-likeness (QED) is 0.122. The van der Waals surface area contributed by atoms with E-state index >= 15 is 0 Å². The van der Waals surface area contributed by atoms with E-state index in [0.717, 1.165) is 39.1 Å². The number of fused-ring (bicyclic) bond motifs is 1. The molecule has 0 spiro atoms. The van der Waals surface area contributed by atoms with Crippen molar-refractivity contribution in [2.45, 2.75) is 37.7 Å². The standard InChI is InChI=1S/C32H29N3O2S2/c1-5-17-35-31(37)27-25(23-15-12-20(2)13-16-23)19-38-30(27)34-32(35)39-28(24-9-7-6-8-10-24)29(36)33-26-18-21(3)11-14-22(26)4/h5-16,18-19,28H,1,17H2,2-4H3,(H,33,36)/t28-/m0/s1. The van der Waals surface area contributed by atoms with Crippen LogP contribution < -0.4 is 10.9 Å². The zero-order valence-corrected chi connectivity index (χ0v) is 23.7. The van der Waals surface area contributed by atoms with Crippen LogP contribution in [0.2, 0.25) is 0 Å². The van der Waals surface area contributed by atoms with Gasteiger partial charge in [-0.15, -0.1) is 17.9 Å². The van der Waals surface area contributed by atoms with Crippen molar-refractivity contribution in [2.24, 2.45) is 0 Å². The first kappa shape index (κ1) is 26.7. The Morgan fingerprint density at radius 2 is 1.77 bits per heavy atom. The largest absolute Gasteiger partial charge is 0.325 e. The van der Waals surface area contributed by atoms with Crippen molar-refractivity contribution in [3.8, 4) is 11.1 Å². The van der Waals surface area contributed by atoms with Crippen LogP contribution in [-0.2, 0) is 11.3 Å². The Kier molecular flexibility index (Phi) is 7.82. The van der Waals surface area contributed by atoms with Gasteiger partial charge in [0.1, 0.15) is 10.1 Å². The number of thiophene rings is 1. The number of amides is 1. The third-order valence-corrected chi connectivity index (χ3v) is 8.66. The highest BCUT2D eigenvalue weighted by Crippen LogP contribution is 2.38. The third kappa shape index (κ3) is 5.60. The molecular formula is C32H29N3O2S2. The molecule has 2 heterocycles. The number of rotatable bonds is 8. The van der Waals surface area contributed by atoms with E-state index in [0.29, 0.717) is 15.4 Å². The predicted molar refractivity (Wildman–Crippen MR) is 164 cm³/mol. The average molecular weight is 552 g/mol. The molecular weight excluding hydrogens is 523 g/mol. The van der Waals surface area contributed by atoms with Crippen LogP contribution in [0.4, 0.5) is 5.69 Å². The number of thioether (sulfide) groups is 1. The fourth-order valence-corrected chi connectivity index (χ4v) is 6.50. The lowest BCUT2D eigenvalue weighted by Gasteiger charge is -2.19. The molecule has 0 aliphatic heterocycles. The first-order valence-electron chi connectivity index (χ1n) is 12.7. The number of nitrogens with zero attached hydrogens (tertiary/aromatic N) is 2. The number of hydrogen-bond donors (Lipinski definition) is 1. The monoisotopic (exact) mass is 551 g/mol. The number of aromatic nitrogens is 2. The molecule has 1 N–H and O–H groups in total. The fourth-order valence-electron chi connectivity index (χ4n) is 4.41. The molecule has 3 aromatic carbocycles. The lowest BCUT2D eigenvalue weighted by atomic mass is 10.1. The molecule has 1 atom stereocenters. The van der Waals surface area contributed by atoms with Gasteiger partial charge in [-0.05, 0) is 49.1 Å². The van der Waals surface area contributed by atoms with E-state index in [1.807, 2.05) is 98.9 Å². The van der Waals surface area contributed by atoms with Gasteiger partial charge in [0, 0.05) is 23.2 Å². The van der Waals surface area contributed by atoms with Crippen molar-refractivity contribution in [3.05, 3.63) is 123 Å². The van der Waals surface area contributed by atoms with Crippen LogP contribution in [-0.4, -0.2) is 15.5 Å². The minimum atomic E-state index is -0.622. The van der Waals surface area contributed by atoms with Crippen LogP contribution in [0.1, 0.15) is 27.5 Å². The van der Waals surface area contributed by atoms with E-state index in [1.165, 1.54) is 23.1 Å². The Labute approximate surface area is 236 Å². The highest BCUT2D eigenvalue weighted by atomic mass is 32.2. The summed E-state index contributed by atoms with van der Waals surface area (Å²) >= 11 is 2.72. The molecule has 0 saturated heterocycles. The number of hydrogen-bond acceptors (Lipinski definition) is 5. The number of anilines is 1. The summed E-state index contributed by atoms with van der Waals surface area (Å²) in [7, 11) is 0. The third-order valence-electron chi connectivity index (χ3n) is 6.55. The highest BCUT2D eigenvalue weighted by Gasteiger charge is 2.26. The topological polar surface area (TPSA) is 64.0 Å². The van der Waals surface area contributed by atoms with E-state index in [-0.39, 0.29) is 18.0 Å². The smallest absolute Gasteiger partial charge is 0.263 e. The second-order valence-electron chi connectivity index (χ2n) is 9.51. The van der Waals surface area contributed by atoms with Crippen LogP contribution in [0.3, 0.4) is 0 Å². The lowest BCUT2D eigenvalue weighted by molar-refractivity contribution is -0.115. The van der Waals surface area contributed by atoms with E-state index < -0.39 is 5.25 Å². The van der Waals surface area contributed by atoms with E-state index in [9.17, 15) is 9.59 Å². The van der Waals surface area contributed by atoms with Gasteiger partial charge in [0.2, 0.25) is 5.91 Å². The normalized spacial score (nSPS) is 11.9. The van der Waals surface area contributed by atoms with Crippen LogP contribution in [0, 0.1) is 20.8 Å². The molecule has 2 aromatic heterocycles. The summed E-state index contributed by atoms with van der Waals surface area (Å²) < 4.78 is 1.62. The Bertz CT molecular complexity index is 1720. The molecule has 196 valence electrons. The number of nitrogens with one attached hydrogen (secondary N) is 1. The van der Waals surface area contributed by atoms with Gasteiger partial charge in [-0.3, -0.25) is 14.2 Å². The number of aryl methyl sites for hydroxylation is 3. The molecule has 5 aromatic rings. The van der Waals surface area contributed by atoms with Crippen molar-refractivity contribution >= 4 is 44.9 Å². The van der Waals surface area contributed by atoms with E-state index in [2.05, 4.69) is 11.9 Å². The molecule has 0 bridgehead atoms. The predicted octanol–water partition coefficient (Wildman–Crippen LogP) is 7.71. The molecule has 0 unspecified atom stereocenters. The molecule has 0 radical (unpaired) electrons. The number of benzene rings is 3. The fraction of sp³-hybridized carbons (Fsp3) is 0.156. The summed E-state index contributed by atoms with van der Waals surface area (Å²) in [6.45, 7) is 10.2. The van der Waals surface area contributed by atoms with Gasteiger partial charge in [-0.2, -0.15) is 0 Å². The van der Waals surface area contributed by atoms with Crippen molar-refractivity contribution in [3.63, 3.8) is 0 Å².